The van der Waals surface area contributed by atoms with E-state index in [-0.39, 0.29) is 17.0 Å². The minimum absolute atomic E-state index is 0.0583. The number of para-hydroxylation sites is 2. The van der Waals surface area contributed by atoms with E-state index in [1.165, 1.54) is 19.3 Å². The van der Waals surface area contributed by atoms with Crippen molar-refractivity contribution in [3.63, 3.8) is 0 Å². The minimum atomic E-state index is -1.05. The first kappa shape index (κ1) is 23.3. The average molecular weight is 475 g/mol. The molecule has 2 heterocycles. The van der Waals surface area contributed by atoms with Crippen LogP contribution in [0, 0.1) is 6.92 Å². The molecule has 1 aliphatic heterocycles. The molecule has 3 aromatic rings. The summed E-state index contributed by atoms with van der Waals surface area (Å²) in [5.41, 5.74) is 1.63. The molecule has 0 radical (unpaired) electrons. The Hall–Kier alpha value is -4.86. The van der Waals surface area contributed by atoms with Gasteiger partial charge in [0.25, 0.3) is 5.91 Å². The normalized spacial score (nSPS) is 14.2. The molecule has 178 valence electrons. The number of furan rings is 1. The predicted octanol–water partition coefficient (Wildman–Crippen LogP) is 3.49. The summed E-state index contributed by atoms with van der Waals surface area (Å²) < 4.78 is 10.9. The molecule has 0 saturated carbocycles. The lowest BCUT2D eigenvalue weighted by molar-refractivity contribution is -0.127. The fourth-order valence-corrected chi connectivity index (χ4v) is 3.65. The monoisotopic (exact) mass is 475 g/mol. The lowest BCUT2D eigenvalue weighted by Crippen LogP contribution is -2.38. The number of amides is 4. The Balaban J connectivity index is 1.49. The van der Waals surface area contributed by atoms with E-state index in [0.717, 1.165) is 4.90 Å². The van der Waals surface area contributed by atoms with Gasteiger partial charge in [0.15, 0.2) is 0 Å². The smallest absolute Gasteiger partial charge is 0.335 e. The second-order valence-electron chi connectivity index (χ2n) is 7.61. The Labute approximate surface area is 199 Å². The van der Waals surface area contributed by atoms with Gasteiger partial charge >= 0.3 is 12.0 Å². The van der Waals surface area contributed by atoms with Crippen LogP contribution in [0.3, 0.4) is 0 Å². The number of rotatable bonds is 7. The Morgan fingerprint density at radius 2 is 1.89 bits per heavy atom. The van der Waals surface area contributed by atoms with Gasteiger partial charge in [0.2, 0.25) is 5.91 Å². The fraction of sp³-hybridized carbons (Fsp3) is 0.120. The van der Waals surface area contributed by atoms with Gasteiger partial charge in [-0.1, -0.05) is 24.3 Å². The quantitative estimate of drug-likeness (QED) is 0.351. The largest absolute Gasteiger partial charge is 0.495 e. The minimum Gasteiger partial charge on any atom is -0.495 e. The number of hydrogen-bond donors (Lipinski definition) is 3. The molecule has 10 nitrogen and oxygen atoms in total. The third-order valence-electron chi connectivity index (χ3n) is 5.39. The number of hydrogen-bond acceptors (Lipinski definition) is 6. The molecule has 0 aliphatic carbocycles. The predicted molar refractivity (Wildman–Crippen MR) is 126 cm³/mol. The standard InChI is InChI=1S/C25H21N3O7/c1-14-16(6-5-7-17(14)24(31)32)20-11-10-15(35-20)12-19-23(30)28(25(33)27-19)13-22(29)26-18-8-3-4-9-21(18)34-2/h3-12H,13H2,1-2H3,(H,26,29)(H,27,33)(H,31,32)/b19-12+. The van der Waals surface area contributed by atoms with Crippen LogP contribution in [0.5, 0.6) is 5.75 Å². The summed E-state index contributed by atoms with van der Waals surface area (Å²) in [4.78, 5) is 49.7. The number of anilines is 1. The molecule has 35 heavy (non-hydrogen) atoms. The first-order chi connectivity index (χ1) is 16.8. The maximum absolute atomic E-state index is 12.7. The SMILES string of the molecule is COc1ccccc1NC(=O)CN1C(=O)N/C(=C/c2ccc(-c3cccc(C(=O)O)c3C)o2)C1=O. The zero-order valence-corrected chi connectivity index (χ0v) is 18.8. The zero-order valence-electron chi connectivity index (χ0n) is 18.8. The summed E-state index contributed by atoms with van der Waals surface area (Å²) >= 11 is 0. The van der Waals surface area contributed by atoms with E-state index in [1.54, 1.807) is 55.5 Å². The van der Waals surface area contributed by atoms with Crippen LogP contribution in [0.2, 0.25) is 0 Å². The number of carbonyl (C=O) groups is 4. The Kier molecular flexibility index (Phi) is 6.36. The van der Waals surface area contributed by atoms with Crippen LogP contribution in [0.1, 0.15) is 21.7 Å². The Bertz CT molecular complexity index is 1370. The van der Waals surface area contributed by atoms with Crippen molar-refractivity contribution in [2.24, 2.45) is 0 Å². The molecular weight excluding hydrogens is 454 g/mol. The van der Waals surface area contributed by atoms with Crippen molar-refractivity contribution < 1.29 is 33.4 Å². The van der Waals surface area contributed by atoms with E-state index >= 15 is 0 Å². The van der Waals surface area contributed by atoms with Crippen molar-refractivity contribution in [2.75, 3.05) is 19.0 Å². The topological polar surface area (TPSA) is 138 Å². The van der Waals surface area contributed by atoms with Gasteiger partial charge in [-0.25, -0.2) is 14.5 Å². The number of methoxy groups -OCH3 is 1. The maximum atomic E-state index is 12.7. The second kappa shape index (κ2) is 9.56. The fourth-order valence-electron chi connectivity index (χ4n) is 3.65. The molecule has 0 atom stereocenters. The molecular formula is C25H21N3O7. The number of carboxylic acids is 1. The van der Waals surface area contributed by atoms with Gasteiger partial charge in [-0.2, -0.15) is 0 Å². The van der Waals surface area contributed by atoms with Crippen LogP contribution in [0.25, 0.3) is 17.4 Å². The van der Waals surface area contributed by atoms with Crippen LogP contribution in [-0.4, -0.2) is 47.5 Å². The molecule has 4 amide bonds. The highest BCUT2D eigenvalue weighted by molar-refractivity contribution is 6.15. The van der Waals surface area contributed by atoms with Crippen LogP contribution in [0.4, 0.5) is 10.5 Å². The molecule has 0 spiro atoms. The zero-order chi connectivity index (χ0) is 25.1. The van der Waals surface area contributed by atoms with E-state index in [4.69, 9.17) is 9.15 Å². The molecule has 2 aromatic carbocycles. The third-order valence-corrected chi connectivity index (χ3v) is 5.39. The van der Waals surface area contributed by atoms with Crippen molar-refractivity contribution in [1.29, 1.82) is 0 Å². The Morgan fingerprint density at radius 1 is 1.11 bits per heavy atom. The van der Waals surface area contributed by atoms with Gasteiger partial charge in [-0.15, -0.1) is 0 Å². The summed E-state index contributed by atoms with van der Waals surface area (Å²) in [6, 6.07) is 14.1. The number of benzene rings is 2. The molecule has 1 aliphatic rings. The van der Waals surface area contributed by atoms with Gasteiger partial charge in [-0.05, 0) is 42.8 Å². The van der Waals surface area contributed by atoms with Crippen LogP contribution < -0.4 is 15.4 Å². The van der Waals surface area contributed by atoms with Gasteiger partial charge in [0.1, 0.15) is 29.5 Å². The van der Waals surface area contributed by atoms with Gasteiger partial charge in [-0.3, -0.25) is 9.59 Å². The number of nitrogens with one attached hydrogen (secondary N) is 2. The molecule has 10 heteroatoms. The summed E-state index contributed by atoms with van der Waals surface area (Å²) in [7, 11) is 1.46. The van der Waals surface area contributed by atoms with Gasteiger partial charge in [0, 0.05) is 11.6 Å². The number of aromatic carboxylic acids is 1. The summed E-state index contributed by atoms with van der Waals surface area (Å²) in [6.07, 6.45) is 1.35. The lowest BCUT2D eigenvalue weighted by Gasteiger charge is -2.13. The lowest BCUT2D eigenvalue weighted by atomic mass is 10.0. The number of nitrogens with zero attached hydrogens (tertiary/aromatic N) is 1. The van der Waals surface area contributed by atoms with Crippen molar-refractivity contribution in [3.8, 4) is 17.1 Å². The van der Waals surface area contributed by atoms with E-state index in [2.05, 4.69) is 10.6 Å². The Morgan fingerprint density at radius 3 is 2.63 bits per heavy atom. The molecule has 4 rings (SSSR count). The van der Waals surface area contributed by atoms with Crippen LogP contribution in [0.15, 0.2) is 64.7 Å². The van der Waals surface area contributed by atoms with Gasteiger partial charge < -0.3 is 24.9 Å². The highest BCUT2D eigenvalue weighted by Gasteiger charge is 2.35. The first-order valence-electron chi connectivity index (χ1n) is 10.5. The van der Waals surface area contributed by atoms with Crippen molar-refractivity contribution in [1.82, 2.24) is 10.2 Å². The number of ether oxygens (including phenoxy) is 1. The highest BCUT2D eigenvalue weighted by atomic mass is 16.5. The number of carboxylic acid groups (broad SMARTS) is 1. The van der Waals surface area contributed by atoms with E-state index in [1.807, 2.05) is 0 Å². The summed E-state index contributed by atoms with van der Waals surface area (Å²) in [5.74, 6) is -1.20. The van der Waals surface area contributed by atoms with Crippen LogP contribution >= 0.6 is 0 Å². The van der Waals surface area contributed by atoms with E-state index in [0.29, 0.717) is 28.3 Å². The summed E-state index contributed by atoms with van der Waals surface area (Å²) in [5, 5.41) is 14.4. The van der Waals surface area contributed by atoms with Gasteiger partial charge in [0.05, 0.1) is 18.4 Å². The van der Waals surface area contributed by atoms with Crippen molar-refractivity contribution in [3.05, 3.63) is 77.2 Å². The van der Waals surface area contributed by atoms with Crippen molar-refractivity contribution >= 4 is 35.6 Å². The summed E-state index contributed by atoms with van der Waals surface area (Å²) in [6.45, 7) is 1.18. The highest BCUT2D eigenvalue weighted by Crippen LogP contribution is 2.29. The molecule has 1 saturated heterocycles. The third kappa shape index (κ3) is 4.76. The molecule has 0 bridgehead atoms. The number of imide groups is 1. The van der Waals surface area contributed by atoms with Crippen molar-refractivity contribution in [2.45, 2.75) is 6.92 Å². The maximum Gasteiger partial charge on any atom is 0.335 e. The number of urea groups is 1. The molecule has 3 N–H and O–H groups in total. The number of carbonyl (C=O) groups excluding carboxylic acids is 3. The molecule has 1 fully saturated rings. The van der Waals surface area contributed by atoms with E-state index < -0.39 is 30.4 Å². The molecule has 0 unspecified atom stereocenters. The molecule has 1 aromatic heterocycles. The van der Waals surface area contributed by atoms with Crippen LogP contribution in [-0.2, 0) is 9.59 Å². The first-order valence-corrected chi connectivity index (χ1v) is 10.5. The second-order valence-corrected chi connectivity index (χ2v) is 7.61. The van der Waals surface area contributed by atoms with E-state index in [9.17, 15) is 24.3 Å². The average Bonchev–Trinajstić information content (AvgIpc) is 3.39.